The van der Waals surface area contributed by atoms with Crippen molar-refractivity contribution >= 4 is 40.7 Å². The number of hydrogen-bond acceptors (Lipinski definition) is 4. The van der Waals surface area contributed by atoms with Crippen molar-refractivity contribution in [3.8, 4) is 0 Å². The third kappa shape index (κ3) is 4.03. The number of rotatable bonds is 4. The minimum atomic E-state index is -0.376. The second-order valence-electron chi connectivity index (χ2n) is 6.38. The van der Waals surface area contributed by atoms with Gasteiger partial charge in [-0.2, -0.15) is 0 Å². The van der Waals surface area contributed by atoms with Gasteiger partial charge in [-0.1, -0.05) is 29.8 Å². The standard InChI is InChI=1S/C20H19N3O3S/c1-12-7-8-16(13(2)11-12)21-20(27)22-17(24)9-10-23-18(25)14-5-3-4-6-15(14)19(23)26/h3-8,11H,9-10H2,1-2H3,(H2,21,22,24,27). The minimum absolute atomic E-state index is 0.00432. The Morgan fingerprint density at radius 2 is 1.67 bits per heavy atom. The molecular formula is C20H19N3O3S. The van der Waals surface area contributed by atoms with Gasteiger partial charge in [-0.25, -0.2) is 0 Å². The van der Waals surface area contributed by atoms with E-state index in [1.165, 1.54) is 0 Å². The van der Waals surface area contributed by atoms with Crippen LogP contribution in [-0.4, -0.2) is 34.3 Å². The highest BCUT2D eigenvalue weighted by Crippen LogP contribution is 2.22. The van der Waals surface area contributed by atoms with Crippen molar-refractivity contribution in [2.75, 3.05) is 11.9 Å². The third-order valence-corrected chi connectivity index (χ3v) is 4.53. The number of benzene rings is 2. The fourth-order valence-electron chi connectivity index (χ4n) is 2.95. The zero-order valence-corrected chi connectivity index (χ0v) is 15.9. The van der Waals surface area contributed by atoms with E-state index < -0.39 is 0 Å². The average molecular weight is 381 g/mol. The van der Waals surface area contributed by atoms with E-state index in [0.29, 0.717) is 11.1 Å². The predicted molar refractivity (Wildman–Crippen MR) is 107 cm³/mol. The molecule has 6 nitrogen and oxygen atoms in total. The van der Waals surface area contributed by atoms with E-state index in [4.69, 9.17) is 12.2 Å². The summed E-state index contributed by atoms with van der Waals surface area (Å²) in [6.45, 7) is 3.95. The van der Waals surface area contributed by atoms with Crippen molar-refractivity contribution in [1.82, 2.24) is 10.2 Å². The van der Waals surface area contributed by atoms with Gasteiger partial charge < -0.3 is 10.6 Å². The molecule has 0 bridgehead atoms. The normalized spacial score (nSPS) is 12.7. The molecule has 3 amide bonds. The SMILES string of the molecule is Cc1ccc(NC(=S)NC(=O)CCN2C(=O)c3ccccc3C2=O)c(C)c1. The van der Waals surface area contributed by atoms with Gasteiger partial charge in [-0.15, -0.1) is 0 Å². The molecule has 27 heavy (non-hydrogen) atoms. The number of nitrogens with zero attached hydrogens (tertiary/aromatic N) is 1. The lowest BCUT2D eigenvalue weighted by Crippen LogP contribution is -2.38. The first-order valence-corrected chi connectivity index (χ1v) is 8.91. The zero-order chi connectivity index (χ0) is 19.6. The molecule has 0 atom stereocenters. The number of imide groups is 1. The number of thiocarbonyl (C=S) groups is 1. The molecule has 2 aromatic rings. The number of amides is 3. The molecule has 0 unspecified atom stereocenters. The number of anilines is 1. The van der Waals surface area contributed by atoms with E-state index in [2.05, 4.69) is 10.6 Å². The van der Waals surface area contributed by atoms with Crippen molar-refractivity contribution in [2.24, 2.45) is 0 Å². The van der Waals surface area contributed by atoms with Crippen LogP contribution in [0.5, 0.6) is 0 Å². The van der Waals surface area contributed by atoms with Crippen LogP contribution in [0.25, 0.3) is 0 Å². The van der Waals surface area contributed by atoms with Gasteiger partial charge in [-0.05, 0) is 49.8 Å². The smallest absolute Gasteiger partial charge is 0.261 e. The second-order valence-corrected chi connectivity index (χ2v) is 6.79. The number of aryl methyl sites for hydroxylation is 2. The molecule has 0 aliphatic carbocycles. The fraction of sp³-hybridized carbons (Fsp3) is 0.200. The van der Waals surface area contributed by atoms with Crippen molar-refractivity contribution < 1.29 is 14.4 Å². The van der Waals surface area contributed by atoms with E-state index in [9.17, 15) is 14.4 Å². The summed E-state index contributed by atoms with van der Waals surface area (Å²) in [5, 5.41) is 5.73. The van der Waals surface area contributed by atoms with Crippen molar-refractivity contribution in [1.29, 1.82) is 0 Å². The summed E-state index contributed by atoms with van der Waals surface area (Å²) >= 11 is 5.17. The summed E-state index contributed by atoms with van der Waals surface area (Å²) < 4.78 is 0. The first-order chi connectivity index (χ1) is 12.9. The van der Waals surface area contributed by atoms with Crippen LogP contribution in [0.1, 0.15) is 38.3 Å². The van der Waals surface area contributed by atoms with Gasteiger partial charge >= 0.3 is 0 Å². The topological polar surface area (TPSA) is 78.5 Å². The van der Waals surface area contributed by atoms with Gasteiger partial charge in [0.2, 0.25) is 5.91 Å². The van der Waals surface area contributed by atoms with Crippen LogP contribution in [0.4, 0.5) is 5.69 Å². The number of nitrogens with one attached hydrogen (secondary N) is 2. The number of carbonyl (C=O) groups is 3. The lowest BCUT2D eigenvalue weighted by Gasteiger charge is -2.15. The summed E-state index contributed by atoms with van der Waals surface area (Å²) in [6.07, 6.45) is -0.0276. The molecular weight excluding hydrogens is 362 g/mol. The lowest BCUT2D eigenvalue weighted by atomic mass is 10.1. The van der Waals surface area contributed by atoms with Crippen LogP contribution < -0.4 is 10.6 Å². The van der Waals surface area contributed by atoms with E-state index in [1.807, 2.05) is 32.0 Å². The van der Waals surface area contributed by atoms with Gasteiger partial charge in [0.25, 0.3) is 11.8 Å². The fourth-order valence-corrected chi connectivity index (χ4v) is 3.18. The highest BCUT2D eigenvalue weighted by molar-refractivity contribution is 7.80. The summed E-state index contributed by atoms with van der Waals surface area (Å²) in [7, 11) is 0. The Kier molecular flexibility index (Phi) is 5.32. The quantitative estimate of drug-likeness (QED) is 0.629. The highest BCUT2D eigenvalue weighted by Gasteiger charge is 2.34. The molecule has 7 heteroatoms. The predicted octanol–water partition coefficient (Wildman–Crippen LogP) is 2.80. The third-order valence-electron chi connectivity index (χ3n) is 4.32. The Hall–Kier alpha value is -3.06. The summed E-state index contributed by atoms with van der Waals surface area (Å²) in [6, 6.07) is 12.5. The highest BCUT2D eigenvalue weighted by atomic mass is 32.1. The van der Waals surface area contributed by atoms with Crippen LogP contribution in [0, 0.1) is 13.8 Å². The van der Waals surface area contributed by atoms with Crippen LogP contribution >= 0.6 is 12.2 Å². The number of carbonyl (C=O) groups excluding carboxylic acids is 3. The summed E-state index contributed by atoms with van der Waals surface area (Å²) in [5.74, 6) is -1.12. The molecule has 2 aromatic carbocycles. The Morgan fingerprint density at radius 1 is 1.04 bits per heavy atom. The van der Waals surface area contributed by atoms with E-state index in [1.54, 1.807) is 24.3 Å². The molecule has 0 spiro atoms. The van der Waals surface area contributed by atoms with Crippen LogP contribution in [0.15, 0.2) is 42.5 Å². The molecule has 2 N–H and O–H groups in total. The zero-order valence-electron chi connectivity index (χ0n) is 15.0. The Balaban J connectivity index is 1.54. The summed E-state index contributed by atoms with van der Waals surface area (Å²) in [5.41, 5.74) is 3.70. The van der Waals surface area contributed by atoms with Crippen molar-refractivity contribution in [3.63, 3.8) is 0 Å². The van der Waals surface area contributed by atoms with Gasteiger partial charge in [0.15, 0.2) is 5.11 Å². The van der Waals surface area contributed by atoms with E-state index in [0.717, 1.165) is 21.7 Å². The number of hydrogen-bond donors (Lipinski definition) is 2. The molecule has 138 valence electrons. The van der Waals surface area contributed by atoms with E-state index in [-0.39, 0.29) is 35.8 Å². The average Bonchev–Trinajstić information content (AvgIpc) is 2.87. The first-order valence-electron chi connectivity index (χ1n) is 8.50. The van der Waals surface area contributed by atoms with Gasteiger partial charge in [0, 0.05) is 18.7 Å². The second kappa shape index (κ2) is 7.67. The molecule has 0 saturated heterocycles. The van der Waals surface area contributed by atoms with Gasteiger partial charge in [-0.3, -0.25) is 19.3 Å². The maximum atomic E-state index is 12.3. The maximum absolute atomic E-state index is 12.3. The molecule has 3 rings (SSSR count). The number of fused-ring (bicyclic) bond motifs is 1. The molecule has 0 radical (unpaired) electrons. The molecule has 1 aliphatic heterocycles. The van der Waals surface area contributed by atoms with Crippen LogP contribution in [0.3, 0.4) is 0 Å². The van der Waals surface area contributed by atoms with Crippen molar-refractivity contribution in [2.45, 2.75) is 20.3 Å². The summed E-state index contributed by atoms with van der Waals surface area (Å²) in [4.78, 5) is 37.8. The Morgan fingerprint density at radius 3 is 2.26 bits per heavy atom. The van der Waals surface area contributed by atoms with Gasteiger partial charge in [0.1, 0.15) is 0 Å². The molecule has 1 heterocycles. The minimum Gasteiger partial charge on any atom is -0.332 e. The molecule has 1 aliphatic rings. The van der Waals surface area contributed by atoms with Crippen LogP contribution in [0.2, 0.25) is 0 Å². The largest absolute Gasteiger partial charge is 0.332 e. The van der Waals surface area contributed by atoms with E-state index >= 15 is 0 Å². The lowest BCUT2D eigenvalue weighted by molar-refractivity contribution is -0.119. The Bertz CT molecular complexity index is 920. The molecule has 0 aromatic heterocycles. The molecule has 0 fully saturated rings. The molecule has 0 saturated carbocycles. The maximum Gasteiger partial charge on any atom is 0.261 e. The monoisotopic (exact) mass is 381 g/mol. The van der Waals surface area contributed by atoms with Gasteiger partial charge in [0.05, 0.1) is 11.1 Å². The first kappa shape index (κ1) is 18.7. The Labute approximate surface area is 162 Å². The van der Waals surface area contributed by atoms with Crippen LogP contribution in [-0.2, 0) is 4.79 Å². The van der Waals surface area contributed by atoms with Crippen molar-refractivity contribution in [3.05, 3.63) is 64.7 Å².